The molecule has 0 atom stereocenters. The molecule has 0 aliphatic heterocycles. The molecule has 0 aliphatic carbocycles. The zero-order valence-electron chi connectivity index (χ0n) is 15.9. The summed E-state index contributed by atoms with van der Waals surface area (Å²) in [6.07, 6.45) is 0. The number of esters is 1. The van der Waals surface area contributed by atoms with Gasteiger partial charge in [0, 0.05) is 26.2 Å². The molecule has 0 spiro atoms. The second kappa shape index (κ2) is 9.02. The number of carbonyl (C=O) groups excluding carboxylic acids is 1. The summed E-state index contributed by atoms with van der Waals surface area (Å²) < 4.78 is 4.61. The number of hydrogen-bond acceptors (Lipinski definition) is 10. The lowest BCUT2D eigenvalue weighted by atomic mass is 10.5. The quantitative estimate of drug-likeness (QED) is 0.579. The summed E-state index contributed by atoms with van der Waals surface area (Å²) in [4.78, 5) is 30.1. The molecule has 0 aromatic carbocycles. The van der Waals surface area contributed by atoms with E-state index in [1.54, 1.807) is 0 Å². The van der Waals surface area contributed by atoms with Crippen LogP contribution in [0, 0.1) is 0 Å². The number of methoxy groups -OCH3 is 1. The third kappa shape index (κ3) is 4.41. The molecule has 2 heterocycles. The zero-order valence-corrected chi connectivity index (χ0v) is 15.9. The molecule has 0 aliphatic rings. The van der Waals surface area contributed by atoms with Gasteiger partial charge in [-0.3, -0.25) is 0 Å². The highest BCUT2D eigenvalue weighted by Crippen LogP contribution is 2.18. The molecule has 11 nitrogen and oxygen atoms in total. The first-order chi connectivity index (χ1) is 12.6. The van der Waals surface area contributed by atoms with Gasteiger partial charge in [-0.1, -0.05) is 0 Å². The topological polar surface area (TPSA) is 115 Å². The van der Waals surface area contributed by atoms with Crippen molar-refractivity contribution >= 4 is 17.9 Å². The number of anilines is 2. The van der Waals surface area contributed by atoms with Gasteiger partial charge < -0.3 is 14.5 Å². The van der Waals surface area contributed by atoms with Crippen LogP contribution in [0.4, 0.5) is 11.9 Å². The van der Waals surface area contributed by atoms with Crippen LogP contribution < -0.4 is 9.80 Å². The highest BCUT2D eigenvalue weighted by atomic mass is 16.5. The molecule has 0 amide bonds. The van der Waals surface area contributed by atoms with Gasteiger partial charge in [-0.05, 0) is 32.9 Å². The van der Waals surface area contributed by atoms with Gasteiger partial charge >= 0.3 is 5.97 Å². The predicted octanol–water partition coefficient (Wildman–Crippen LogP) is 0.391. The van der Waals surface area contributed by atoms with Gasteiger partial charge in [0.05, 0.1) is 7.11 Å². The Labute approximate surface area is 152 Å². The summed E-state index contributed by atoms with van der Waals surface area (Å²) in [6.45, 7) is 11.1. The second-order valence-electron chi connectivity index (χ2n) is 5.32. The first kappa shape index (κ1) is 19.5. The van der Waals surface area contributed by atoms with E-state index in [1.807, 2.05) is 37.5 Å². The molecule has 0 bridgehead atoms. The summed E-state index contributed by atoms with van der Waals surface area (Å²) >= 11 is 0. The van der Waals surface area contributed by atoms with Crippen LogP contribution in [0.1, 0.15) is 27.7 Å². The fraction of sp³-hybridized carbons (Fsp3) is 0.667. The Morgan fingerprint density at radius 2 is 1.46 bits per heavy atom. The summed E-state index contributed by atoms with van der Waals surface area (Å²) in [5, 5.41) is 12.0. The molecule has 0 fully saturated rings. The van der Waals surface area contributed by atoms with Crippen LogP contribution in [0.25, 0.3) is 11.6 Å². The minimum Gasteiger partial charge on any atom is -0.468 e. The Balaban J connectivity index is 2.44. The van der Waals surface area contributed by atoms with Crippen molar-refractivity contribution in [3.8, 4) is 11.6 Å². The Morgan fingerprint density at radius 1 is 0.923 bits per heavy atom. The van der Waals surface area contributed by atoms with E-state index in [1.165, 1.54) is 7.11 Å². The van der Waals surface area contributed by atoms with Crippen molar-refractivity contribution in [2.45, 2.75) is 34.2 Å². The van der Waals surface area contributed by atoms with Crippen LogP contribution in [0.15, 0.2) is 0 Å². The maximum atomic E-state index is 11.4. The van der Waals surface area contributed by atoms with Crippen molar-refractivity contribution < 1.29 is 9.53 Å². The minimum absolute atomic E-state index is 0.125. The van der Waals surface area contributed by atoms with Crippen molar-refractivity contribution in [3.63, 3.8) is 0 Å². The molecule has 0 radical (unpaired) electrons. The Hall–Kier alpha value is -2.85. The monoisotopic (exact) mass is 363 g/mol. The molecule has 0 unspecified atom stereocenters. The third-order valence-corrected chi connectivity index (χ3v) is 3.86. The first-order valence-corrected chi connectivity index (χ1v) is 8.67. The molecular weight excluding hydrogens is 338 g/mol. The smallest absolute Gasteiger partial charge is 0.329 e. The average Bonchev–Trinajstić information content (AvgIpc) is 3.12. The van der Waals surface area contributed by atoms with E-state index >= 15 is 0 Å². The van der Waals surface area contributed by atoms with E-state index in [2.05, 4.69) is 35.1 Å². The standard InChI is InChI=1S/C15H25N9O2/c1-6-22(7-2)14-16-12(17-15(18-14)23(8-3)9-4)13-19-21-24(20-13)10-11(25)26-5/h6-10H2,1-5H3. The van der Waals surface area contributed by atoms with Crippen molar-refractivity contribution in [3.05, 3.63) is 0 Å². The number of carbonyl (C=O) groups is 1. The lowest BCUT2D eigenvalue weighted by Gasteiger charge is -2.23. The summed E-state index contributed by atoms with van der Waals surface area (Å²) in [6, 6.07) is 0. The van der Waals surface area contributed by atoms with Crippen molar-refractivity contribution in [2.75, 3.05) is 43.1 Å². The Bertz CT molecular complexity index is 695. The first-order valence-electron chi connectivity index (χ1n) is 8.67. The van der Waals surface area contributed by atoms with Crippen LogP contribution in [-0.2, 0) is 16.1 Å². The zero-order chi connectivity index (χ0) is 19.1. The van der Waals surface area contributed by atoms with Crippen LogP contribution in [0.2, 0.25) is 0 Å². The number of ether oxygens (including phenoxy) is 1. The number of aromatic nitrogens is 7. The molecule has 0 saturated carbocycles. The van der Waals surface area contributed by atoms with E-state index in [0.29, 0.717) is 17.7 Å². The largest absolute Gasteiger partial charge is 0.468 e. The van der Waals surface area contributed by atoms with Crippen LogP contribution >= 0.6 is 0 Å². The minimum atomic E-state index is -0.461. The number of nitrogens with zero attached hydrogens (tertiary/aromatic N) is 9. The number of tetrazole rings is 1. The Morgan fingerprint density at radius 3 is 1.92 bits per heavy atom. The molecule has 11 heteroatoms. The van der Waals surface area contributed by atoms with Crippen molar-refractivity contribution in [1.82, 2.24) is 35.2 Å². The fourth-order valence-electron chi connectivity index (χ4n) is 2.33. The van der Waals surface area contributed by atoms with Gasteiger partial charge in [-0.2, -0.15) is 19.7 Å². The van der Waals surface area contributed by atoms with E-state index in [0.717, 1.165) is 31.0 Å². The normalized spacial score (nSPS) is 10.7. The number of rotatable bonds is 9. The molecule has 26 heavy (non-hydrogen) atoms. The van der Waals surface area contributed by atoms with Gasteiger partial charge in [0.2, 0.25) is 23.5 Å². The summed E-state index contributed by atoms with van der Waals surface area (Å²) in [7, 11) is 1.30. The van der Waals surface area contributed by atoms with Crippen molar-refractivity contribution in [1.29, 1.82) is 0 Å². The molecule has 0 N–H and O–H groups in total. The Kier molecular flexibility index (Phi) is 6.75. The fourth-order valence-corrected chi connectivity index (χ4v) is 2.33. The molecule has 142 valence electrons. The lowest BCUT2D eigenvalue weighted by molar-refractivity contribution is -0.141. The lowest BCUT2D eigenvalue weighted by Crippen LogP contribution is -2.29. The molecule has 2 aromatic rings. The third-order valence-electron chi connectivity index (χ3n) is 3.86. The van der Waals surface area contributed by atoms with E-state index < -0.39 is 5.97 Å². The average molecular weight is 363 g/mol. The maximum absolute atomic E-state index is 11.4. The van der Waals surface area contributed by atoms with E-state index in [4.69, 9.17) is 0 Å². The molecule has 0 saturated heterocycles. The van der Waals surface area contributed by atoms with Crippen LogP contribution in [0.5, 0.6) is 0 Å². The number of hydrogen-bond donors (Lipinski definition) is 0. The van der Waals surface area contributed by atoms with E-state index in [9.17, 15) is 4.79 Å². The predicted molar refractivity (Wildman–Crippen MR) is 95.8 cm³/mol. The molecular formula is C15H25N9O2. The van der Waals surface area contributed by atoms with Gasteiger partial charge in [0.25, 0.3) is 0 Å². The highest BCUT2D eigenvalue weighted by molar-refractivity contribution is 5.68. The molecule has 2 aromatic heterocycles. The summed E-state index contributed by atoms with van der Waals surface area (Å²) in [5.74, 6) is 1.22. The highest BCUT2D eigenvalue weighted by Gasteiger charge is 2.18. The van der Waals surface area contributed by atoms with Gasteiger partial charge in [-0.25, -0.2) is 4.79 Å². The van der Waals surface area contributed by atoms with E-state index in [-0.39, 0.29) is 12.4 Å². The second-order valence-corrected chi connectivity index (χ2v) is 5.32. The molecule has 2 rings (SSSR count). The summed E-state index contributed by atoms with van der Waals surface area (Å²) in [5.41, 5.74) is 0. The maximum Gasteiger partial charge on any atom is 0.329 e. The van der Waals surface area contributed by atoms with Crippen LogP contribution in [0.3, 0.4) is 0 Å². The SMILES string of the molecule is CCN(CC)c1nc(-c2nnn(CC(=O)OC)n2)nc(N(CC)CC)n1. The van der Waals surface area contributed by atoms with Gasteiger partial charge in [0.15, 0.2) is 6.54 Å². The van der Waals surface area contributed by atoms with Gasteiger partial charge in [-0.15, -0.1) is 10.2 Å². The van der Waals surface area contributed by atoms with Gasteiger partial charge in [0.1, 0.15) is 0 Å². The van der Waals surface area contributed by atoms with Crippen LogP contribution in [-0.4, -0.2) is 74.4 Å². The van der Waals surface area contributed by atoms with Crippen molar-refractivity contribution in [2.24, 2.45) is 0 Å².